The van der Waals surface area contributed by atoms with Gasteiger partial charge in [0.25, 0.3) is 5.91 Å². The number of methoxy groups -OCH3 is 1. The van der Waals surface area contributed by atoms with Crippen LogP contribution in [0.5, 0.6) is 5.75 Å². The number of carbonyl (C=O) groups excluding carboxylic acids is 2. The molecule has 134 valence electrons. The summed E-state index contributed by atoms with van der Waals surface area (Å²) in [5, 5.41) is 6.23. The normalized spacial score (nSPS) is 10.5. The van der Waals surface area contributed by atoms with E-state index in [9.17, 15) is 9.59 Å². The van der Waals surface area contributed by atoms with Gasteiger partial charge in [0.05, 0.1) is 17.3 Å². The number of hydrogen-bond donors (Lipinski definition) is 2. The lowest BCUT2D eigenvalue weighted by Crippen LogP contribution is -2.11. The van der Waals surface area contributed by atoms with E-state index in [1.165, 1.54) is 11.3 Å². The smallest absolute Gasteiger partial charge is 0.255 e. The molecule has 0 fully saturated rings. The lowest BCUT2D eigenvalue weighted by Gasteiger charge is -2.06. The number of aromatic nitrogens is 1. The Morgan fingerprint density at radius 2 is 2.00 bits per heavy atom. The fraction of sp³-hybridized carbons (Fsp3) is 0.211. The van der Waals surface area contributed by atoms with Crippen molar-refractivity contribution < 1.29 is 14.3 Å². The van der Waals surface area contributed by atoms with Crippen molar-refractivity contribution in [2.45, 2.75) is 19.8 Å². The SMILES string of the molecule is CCCC(=O)Nc1nc2ccc(NC(=O)c3cccc(OC)c3)cc2s1. The Labute approximate surface area is 155 Å². The Morgan fingerprint density at radius 1 is 1.15 bits per heavy atom. The van der Waals surface area contributed by atoms with Crippen molar-refractivity contribution in [3.8, 4) is 5.75 Å². The molecule has 0 saturated carbocycles. The molecule has 3 rings (SSSR count). The first-order chi connectivity index (χ1) is 12.6. The molecule has 0 atom stereocenters. The average molecular weight is 369 g/mol. The van der Waals surface area contributed by atoms with E-state index in [0.717, 1.165) is 16.6 Å². The number of rotatable bonds is 6. The van der Waals surface area contributed by atoms with Gasteiger partial charge in [-0.3, -0.25) is 9.59 Å². The van der Waals surface area contributed by atoms with Crippen LogP contribution in [-0.4, -0.2) is 23.9 Å². The summed E-state index contributed by atoms with van der Waals surface area (Å²) in [6.45, 7) is 1.95. The van der Waals surface area contributed by atoms with Crippen LogP contribution in [0.2, 0.25) is 0 Å². The number of nitrogens with zero attached hydrogens (tertiary/aromatic N) is 1. The Bertz CT molecular complexity index is 952. The molecule has 2 aromatic carbocycles. The number of fused-ring (bicyclic) bond motifs is 1. The van der Waals surface area contributed by atoms with Crippen LogP contribution < -0.4 is 15.4 Å². The Kier molecular flexibility index (Phi) is 5.48. The van der Waals surface area contributed by atoms with Gasteiger partial charge in [-0.05, 0) is 42.8 Å². The monoisotopic (exact) mass is 369 g/mol. The van der Waals surface area contributed by atoms with Crippen molar-refractivity contribution in [3.63, 3.8) is 0 Å². The fourth-order valence-electron chi connectivity index (χ4n) is 2.43. The van der Waals surface area contributed by atoms with Crippen molar-refractivity contribution in [1.82, 2.24) is 4.98 Å². The highest BCUT2D eigenvalue weighted by molar-refractivity contribution is 7.22. The van der Waals surface area contributed by atoms with Crippen molar-refractivity contribution >= 4 is 44.2 Å². The molecular formula is C19H19N3O3S. The molecule has 0 radical (unpaired) electrons. The largest absolute Gasteiger partial charge is 0.497 e. The van der Waals surface area contributed by atoms with Gasteiger partial charge < -0.3 is 15.4 Å². The van der Waals surface area contributed by atoms with Crippen LogP contribution in [0.25, 0.3) is 10.2 Å². The maximum absolute atomic E-state index is 12.4. The van der Waals surface area contributed by atoms with E-state index in [2.05, 4.69) is 15.6 Å². The minimum Gasteiger partial charge on any atom is -0.497 e. The van der Waals surface area contributed by atoms with Gasteiger partial charge in [0.1, 0.15) is 5.75 Å². The van der Waals surface area contributed by atoms with Gasteiger partial charge in [0.15, 0.2) is 5.13 Å². The Morgan fingerprint density at radius 3 is 2.77 bits per heavy atom. The summed E-state index contributed by atoms with van der Waals surface area (Å²) in [5.74, 6) is 0.366. The summed E-state index contributed by atoms with van der Waals surface area (Å²) in [7, 11) is 1.56. The van der Waals surface area contributed by atoms with Crippen LogP contribution in [-0.2, 0) is 4.79 Å². The number of amides is 2. The van der Waals surface area contributed by atoms with Crippen molar-refractivity contribution in [2.75, 3.05) is 17.7 Å². The van der Waals surface area contributed by atoms with E-state index >= 15 is 0 Å². The molecule has 7 heteroatoms. The van der Waals surface area contributed by atoms with E-state index < -0.39 is 0 Å². The fourth-order valence-corrected chi connectivity index (χ4v) is 3.35. The molecule has 2 amide bonds. The van der Waals surface area contributed by atoms with Gasteiger partial charge in [0.2, 0.25) is 5.91 Å². The van der Waals surface area contributed by atoms with Gasteiger partial charge in [-0.25, -0.2) is 4.98 Å². The summed E-state index contributed by atoms with van der Waals surface area (Å²) < 4.78 is 6.03. The summed E-state index contributed by atoms with van der Waals surface area (Å²) in [5.41, 5.74) is 1.96. The Hall–Kier alpha value is -2.93. The molecule has 26 heavy (non-hydrogen) atoms. The summed E-state index contributed by atoms with van der Waals surface area (Å²) in [4.78, 5) is 28.5. The minimum absolute atomic E-state index is 0.0434. The van der Waals surface area contributed by atoms with E-state index in [1.807, 2.05) is 19.1 Å². The maximum atomic E-state index is 12.4. The summed E-state index contributed by atoms with van der Waals surface area (Å²) in [6.07, 6.45) is 1.26. The first-order valence-electron chi connectivity index (χ1n) is 8.25. The van der Waals surface area contributed by atoms with Crippen LogP contribution in [0.3, 0.4) is 0 Å². The van der Waals surface area contributed by atoms with Gasteiger partial charge >= 0.3 is 0 Å². The number of benzene rings is 2. The van der Waals surface area contributed by atoms with Crippen LogP contribution in [0.1, 0.15) is 30.1 Å². The standard InChI is InChI=1S/C19H19N3O3S/c1-3-5-17(23)22-19-21-15-9-8-13(11-16(15)26-19)20-18(24)12-6-4-7-14(10-12)25-2/h4,6-11H,3,5H2,1-2H3,(H,20,24)(H,21,22,23). The molecule has 0 aliphatic heterocycles. The van der Waals surface area contributed by atoms with Gasteiger partial charge in [-0.2, -0.15) is 0 Å². The lowest BCUT2D eigenvalue weighted by atomic mass is 10.2. The van der Waals surface area contributed by atoms with Crippen LogP contribution in [0.15, 0.2) is 42.5 Å². The zero-order chi connectivity index (χ0) is 18.5. The molecule has 0 bridgehead atoms. The van der Waals surface area contributed by atoms with E-state index in [4.69, 9.17) is 4.74 Å². The molecule has 6 nitrogen and oxygen atoms in total. The molecule has 0 aliphatic rings. The lowest BCUT2D eigenvalue weighted by molar-refractivity contribution is -0.116. The summed E-state index contributed by atoms with van der Waals surface area (Å²) >= 11 is 1.38. The zero-order valence-corrected chi connectivity index (χ0v) is 15.4. The zero-order valence-electron chi connectivity index (χ0n) is 14.5. The number of hydrogen-bond acceptors (Lipinski definition) is 5. The number of anilines is 2. The molecule has 0 unspecified atom stereocenters. The highest BCUT2D eigenvalue weighted by Crippen LogP contribution is 2.28. The molecule has 0 spiro atoms. The first-order valence-corrected chi connectivity index (χ1v) is 9.06. The van der Waals surface area contributed by atoms with Gasteiger partial charge in [-0.1, -0.05) is 24.3 Å². The molecule has 3 aromatic rings. The third kappa shape index (κ3) is 4.18. The quantitative estimate of drug-likeness (QED) is 0.679. The Balaban J connectivity index is 1.76. The first kappa shape index (κ1) is 17.9. The second kappa shape index (κ2) is 7.97. The predicted octanol–water partition coefficient (Wildman–Crippen LogP) is 4.30. The molecule has 1 aromatic heterocycles. The van der Waals surface area contributed by atoms with Crippen LogP contribution in [0.4, 0.5) is 10.8 Å². The van der Waals surface area contributed by atoms with E-state index in [1.54, 1.807) is 37.4 Å². The van der Waals surface area contributed by atoms with Crippen molar-refractivity contribution in [1.29, 1.82) is 0 Å². The van der Waals surface area contributed by atoms with Crippen LogP contribution >= 0.6 is 11.3 Å². The van der Waals surface area contributed by atoms with Gasteiger partial charge in [-0.15, -0.1) is 0 Å². The number of nitrogens with one attached hydrogen (secondary N) is 2. The molecule has 2 N–H and O–H groups in total. The van der Waals surface area contributed by atoms with Gasteiger partial charge in [0, 0.05) is 17.7 Å². The number of carbonyl (C=O) groups is 2. The maximum Gasteiger partial charge on any atom is 0.255 e. The third-order valence-electron chi connectivity index (χ3n) is 3.70. The highest BCUT2D eigenvalue weighted by Gasteiger charge is 2.10. The minimum atomic E-state index is -0.218. The third-order valence-corrected chi connectivity index (χ3v) is 4.64. The second-order valence-corrected chi connectivity index (χ2v) is 6.72. The second-order valence-electron chi connectivity index (χ2n) is 5.69. The highest BCUT2D eigenvalue weighted by atomic mass is 32.1. The molecule has 0 saturated heterocycles. The molecular weight excluding hydrogens is 350 g/mol. The van der Waals surface area contributed by atoms with Crippen molar-refractivity contribution in [3.05, 3.63) is 48.0 Å². The molecule has 0 aliphatic carbocycles. The average Bonchev–Trinajstić information content (AvgIpc) is 3.03. The van der Waals surface area contributed by atoms with E-state index in [-0.39, 0.29) is 11.8 Å². The number of ether oxygens (including phenoxy) is 1. The predicted molar refractivity (Wildman–Crippen MR) is 104 cm³/mol. The van der Waals surface area contributed by atoms with Crippen molar-refractivity contribution in [2.24, 2.45) is 0 Å². The van der Waals surface area contributed by atoms with E-state index in [0.29, 0.717) is 28.6 Å². The van der Waals surface area contributed by atoms with Crippen LogP contribution in [0, 0.1) is 0 Å². The molecule has 1 heterocycles. The number of thiazole rings is 1. The topological polar surface area (TPSA) is 80.3 Å². The summed E-state index contributed by atoms with van der Waals surface area (Å²) in [6, 6.07) is 12.4.